The number of carboxylic acids is 1. The van der Waals surface area contributed by atoms with Crippen molar-refractivity contribution in [2.75, 3.05) is 6.61 Å². The lowest BCUT2D eigenvalue weighted by molar-refractivity contribution is -0.143. The third-order valence-corrected chi connectivity index (χ3v) is 3.78. The third kappa shape index (κ3) is 1.92. The topological polar surface area (TPSA) is 46.5 Å². The highest BCUT2D eigenvalue weighted by Gasteiger charge is 2.36. The van der Waals surface area contributed by atoms with Gasteiger partial charge in [-0.05, 0) is 31.9 Å². The molecule has 1 aromatic rings. The molecule has 2 rings (SSSR count). The van der Waals surface area contributed by atoms with E-state index in [2.05, 4.69) is 0 Å². The maximum absolute atomic E-state index is 11.0. The number of hydrogen-bond donors (Lipinski definition) is 1. The quantitative estimate of drug-likeness (QED) is 0.843. The van der Waals surface area contributed by atoms with Crippen molar-refractivity contribution in [3.05, 3.63) is 21.4 Å². The molecule has 1 N–H and O–H groups in total. The lowest BCUT2D eigenvalue weighted by atomic mass is 9.96. The summed E-state index contributed by atoms with van der Waals surface area (Å²) in [6.07, 6.45) is 0.376. The Labute approximate surface area is 92.7 Å². The average Bonchev–Trinajstić information content (AvgIpc) is 2.71. The first-order chi connectivity index (χ1) is 7.09. The second-order valence-electron chi connectivity index (χ2n) is 3.89. The minimum Gasteiger partial charge on any atom is -0.481 e. The Balaban J connectivity index is 2.30. The normalized spacial score (nSPS) is 25.7. The molecule has 0 aliphatic carbocycles. The van der Waals surface area contributed by atoms with Crippen LogP contribution < -0.4 is 0 Å². The molecule has 4 heteroatoms. The first-order valence-electron chi connectivity index (χ1n) is 5.01. The summed E-state index contributed by atoms with van der Waals surface area (Å²) in [4.78, 5) is 13.4. The van der Waals surface area contributed by atoms with Crippen molar-refractivity contribution in [1.82, 2.24) is 0 Å². The molecule has 82 valence electrons. The highest BCUT2D eigenvalue weighted by molar-refractivity contribution is 7.12. The number of rotatable bonds is 2. The van der Waals surface area contributed by atoms with Crippen LogP contribution in [0.15, 0.2) is 6.07 Å². The smallest absolute Gasteiger partial charge is 0.309 e. The summed E-state index contributed by atoms with van der Waals surface area (Å²) in [5, 5.41) is 9.07. The van der Waals surface area contributed by atoms with Crippen molar-refractivity contribution in [3.8, 4) is 0 Å². The van der Waals surface area contributed by atoms with Crippen molar-refractivity contribution in [2.24, 2.45) is 5.92 Å². The van der Waals surface area contributed by atoms with Gasteiger partial charge in [0.1, 0.15) is 0 Å². The molecule has 1 aromatic heterocycles. The molecule has 0 aromatic carbocycles. The van der Waals surface area contributed by atoms with Crippen LogP contribution in [0.2, 0.25) is 0 Å². The van der Waals surface area contributed by atoms with Gasteiger partial charge in [0, 0.05) is 16.4 Å². The minimum absolute atomic E-state index is 0.243. The summed E-state index contributed by atoms with van der Waals surface area (Å²) in [5.74, 6) is -1.13. The molecule has 1 saturated heterocycles. The Bertz CT molecular complexity index is 383. The molecule has 2 atom stereocenters. The van der Waals surface area contributed by atoms with Crippen LogP contribution in [0.3, 0.4) is 0 Å². The standard InChI is InChI=1S/C11H14O3S/c1-6-5-9(7(2)15-6)10-8(11(12)13)3-4-14-10/h5,8,10H,3-4H2,1-2H3,(H,12,13). The highest BCUT2D eigenvalue weighted by atomic mass is 32.1. The van der Waals surface area contributed by atoms with Crippen molar-refractivity contribution < 1.29 is 14.6 Å². The van der Waals surface area contributed by atoms with Gasteiger partial charge in [0.05, 0.1) is 12.0 Å². The molecule has 2 heterocycles. The summed E-state index contributed by atoms with van der Waals surface area (Å²) in [5.41, 5.74) is 1.06. The lowest BCUT2D eigenvalue weighted by Gasteiger charge is -2.14. The Hall–Kier alpha value is -0.870. The molecular weight excluding hydrogens is 212 g/mol. The van der Waals surface area contributed by atoms with Crippen LogP contribution >= 0.6 is 11.3 Å². The number of carbonyl (C=O) groups is 1. The second-order valence-corrected chi connectivity index (χ2v) is 5.35. The zero-order chi connectivity index (χ0) is 11.0. The van der Waals surface area contributed by atoms with Crippen LogP contribution in [0.5, 0.6) is 0 Å². The predicted molar refractivity (Wildman–Crippen MR) is 58.2 cm³/mol. The zero-order valence-electron chi connectivity index (χ0n) is 8.82. The van der Waals surface area contributed by atoms with Crippen LogP contribution in [0.25, 0.3) is 0 Å². The zero-order valence-corrected chi connectivity index (χ0v) is 9.63. The number of carboxylic acid groups (broad SMARTS) is 1. The van der Waals surface area contributed by atoms with Crippen molar-refractivity contribution in [3.63, 3.8) is 0 Å². The molecule has 1 aliphatic heterocycles. The fourth-order valence-electron chi connectivity index (χ4n) is 2.08. The Kier molecular flexibility index (Phi) is 2.80. The van der Waals surface area contributed by atoms with Gasteiger partial charge in [0.15, 0.2) is 0 Å². The largest absolute Gasteiger partial charge is 0.481 e. The summed E-state index contributed by atoms with van der Waals surface area (Å²) < 4.78 is 5.53. The molecule has 0 spiro atoms. The summed E-state index contributed by atoms with van der Waals surface area (Å²) in [7, 11) is 0. The average molecular weight is 226 g/mol. The molecule has 3 nitrogen and oxygen atoms in total. The lowest BCUT2D eigenvalue weighted by Crippen LogP contribution is -2.17. The summed E-state index contributed by atoms with van der Waals surface area (Å²) >= 11 is 1.70. The van der Waals surface area contributed by atoms with Crippen molar-refractivity contribution in [2.45, 2.75) is 26.4 Å². The number of aryl methyl sites for hydroxylation is 2. The van der Waals surface area contributed by atoms with Gasteiger partial charge in [0.25, 0.3) is 0 Å². The first-order valence-corrected chi connectivity index (χ1v) is 5.82. The molecule has 1 aliphatic rings. The number of hydrogen-bond acceptors (Lipinski definition) is 3. The minimum atomic E-state index is -0.749. The monoisotopic (exact) mass is 226 g/mol. The molecular formula is C11H14O3S. The van der Waals surface area contributed by atoms with Crippen LogP contribution in [-0.4, -0.2) is 17.7 Å². The molecule has 0 saturated carbocycles. The number of aliphatic carboxylic acids is 1. The number of thiophene rings is 1. The van der Waals surface area contributed by atoms with Gasteiger partial charge in [-0.2, -0.15) is 0 Å². The van der Waals surface area contributed by atoms with E-state index in [4.69, 9.17) is 9.84 Å². The van der Waals surface area contributed by atoms with Crippen molar-refractivity contribution in [1.29, 1.82) is 0 Å². The number of ether oxygens (including phenoxy) is 1. The van der Waals surface area contributed by atoms with E-state index in [1.54, 1.807) is 11.3 Å². The van der Waals surface area contributed by atoms with Gasteiger partial charge >= 0.3 is 5.97 Å². The van der Waals surface area contributed by atoms with Gasteiger partial charge in [-0.1, -0.05) is 0 Å². The van der Waals surface area contributed by atoms with Gasteiger partial charge in [-0.3, -0.25) is 4.79 Å². The van der Waals surface area contributed by atoms with Crippen LogP contribution in [0.4, 0.5) is 0 Å². The first kappa shape index (κ1) is 10.6. The SMILES string of the molecule is Cc1cc(C2OCCC2C(=O)O)c(C)s1. The summed E-state index contributed by atoms with van der Waals surface area (Å²) in [6.45, 7) is 4.61. The molecule has 0 bridgehead atoms. The van der Waals surface area contributed by atoms with Gasteiger partial charge in [0.2, 0.25) is 0 Å². The maximum atomic E-state index is 11.0. The molecule has 0 amide bonds. The van der Waals surface area contributed by atoms with Crippen LogP contribution in [-0.2, 0) is 9.53 Å². The maximum Gasteiger partial charge on any atom is 0.309 e. The highest BCUT2D eigenvalue weighted by Crippen LogP contribution is 2.38. The Morgan fingerprint density at radius 2 is 2.33 bits per heavy atom. The fourth-order valence-corrected chi connectivity index (χ4v) is 3.04. The van der Waals surface area contributed by atoms with Gasteiger partial charge in [-0.15, -0.1) is 11.3 Å². The van der Waals surface area contributed by atoms with E-state index in [0.717, 1.165) is 5.56 Å². The fraction of sp³-hybridized carbons (Fsp3) is 0.545. The van der Waals surface area contributed by atoms with E-state index in [1.165, 1.54) is 9.75 Å². The van der Waals surface area contributed by atoms with E-state index >= 15 is 0 Å². The van der Waals surface area contributed by atoms with E-state index in [1.807, 2.05) is 19.9 Å². The van der Waals surface area contributed by atoms with E-state index in [9.17, 15) is 4.79 Å². The third-order valence-electron chi connectivity index (χ3n) is 2.79. The van der Waals surface area contributed by atoms with Crippen LogP contribution in [0.1, 0.15) is 27.8 Å². The van der Waals surface area contributed by atoms with Gasteiger partial charge < -0.3 is 9.84 Å². The van der Waals surface area contributed by atoms with E-state index < -0.39 is 5.97 Å². The second kappa shape index (κ2) is 3.94. The predicted octanol–water partition coefficient (Wildman–Crippen LogP) is 2.53. The summed E-state index contributed by atoms with van der Waals surface area (Å²) in [6, 6.07) is 2.05. The van der Waals surface area contributed by atoms with Crippen LogP contribution in [0, 0.1) is 19.8 Å². The molecule has 1 fully saturated rings. The Morgan fingerprint density at radius 1 is 1.60 bits per heavy atom. The molecule has 15 heavy (non-hydrogen) atoms. The molecule has 2 unspecified atom stereocenters. The van der Waals surface area contributed by atoms with E-state index in [0.29, 0.717) is 13.0 Å². The van der Waals surface area contributed by atoms with E-state index in [-0.39, 0.29) is 12.0 Å². The van der Waals surface area contributed by atoms with Gasteiger partial charge in [-0.25, -0.2) is 0 Å². The molecule has 0 radical (unpaired) electrons. The van der Waals surface area contributed by atoms with Crippen molar-refractivity contribution >= 4 is 17.3 Å². The Morgan fingerprint density at radius 3 is 2.87 bits per heavy atom.